The van der Waals surface area contributed by atoms with Crippen molar-refractivity contribution in [2.75, 3.05) is 0 Å². The molecular weight excluding hydrogens is 199 g/mol. The van der Waals surface area contributed by atoms with Gasteiger partial charge in [-0.15, -0.1) is 0 Å². The second-order valence-electron chi connectivity index (χ2n) is 1.98. The molecule has 0 saturated heterocycles. The maximum absolute atomic E-state index is 13.2. The van der Waals surface area contributed by atoms with E-state index in [1.807, 2.05) is 0 Å². The smallest absolute Gasteiger partial charge is 0.419 e. The van der Waals surface area contributed by atoms with Crippen LogP contribution < -0.4 is 5.19 Å². The summed E-state index contributed by atoms with van der Waals surface area (Å²) >= 11 is 5.45. The van der Waals surface area contributed by atoms with Crippen molar-refractivity contribution in [1.29, 1.82) is 0 Å². The average Bonchev–Trinajstić information content (AvgIpc) is 2.06. The van der Waals surface area contributed by atoms with Gasteiger partial charge in [-0.25, -0.2) is 0 Å². The number of rotatable bonds is 2. The van der Waals surface area contributed by atoms with Crippen LogP contribution in [0.5, 0.6) is 0 Å². The van der Waals surface area contributed by atoms with Gasteiger partial charge in [0.1, 0.15) is 0 Å². The van der Waals surface area contributed by atoms with E-state index in [0.29, 0.717) is 5.19 Å². The average molecular weight is 204 g/mol. The van der Waals surface area contributed by atoms with Crippen LogP contribution >= 0.6 is 11.1 Å². The Morgan fingerprint density at radius 2 is 1.91 bits per heavy atom. The highest BCUT2D eigenvalue weighted by Gasteiger charge is 2.34. The lowest BCUT2D eigenvalue weighted by Crippen LogP contribution is -2.40. The summed E-state index contributed by atoms with van der Waals surface area (Å²) in [5.41, 5.74) is 0. The third-order valence-corrected chi connectivity index (χ3v) is 4.62. The maximum atomic E-state index is 13.2. The molecule has 11 heavy (non-hydrogen) atoms. The molecule has 5 heteroatoms. The molecule has 1 aromatic carbocycles. The standard InChI is InChI=1S/C6H5ClFOSi2/c7-11(8,9-10)6-4-2-1-3-5-6/h1-5H. The van der Waals surface area contributed by atoms with Crippen molar-refractivity contribution in [2.24, 2.45) is 0 Å². The Hall–Kier alpha value is -0.166. The molecule has 0 saturated carbocycles. The monoisotopic (exact) mass is 203 g/mol. The summed E-state index contributed by atoms with van der Waals surface area (Å²) in [4.78, 5) is 0. The predicted octanol–water partition coefficient (Wildman–Crippen LogP) is 1.14. The van der Waals surface area contributed by atoms with Crippen LogP contribution in [0.3, 0.4) is 0 Å². The summed E-state index contributed by atoms with van der Waals surface area (Å²) in [6.45, 7) is 0. The first-order chi connectivity index (χ1) is 5.17. The SMILES string of the molecule is F[Si](Cl)(O[Si])c1ccccc1. The molecule has 1 atom stereocenters. The van der Waals surface area contributed by atoms with Gasteiger partial charge in [0.2, 0.25) is 10.5 Å². The van der Waals surface area contributed by atoms with Gasteiger partial charge in [0.05, 0.1) is 0 Å². The van der Waals surface area contributed by atoms with E-state index in [2.05, 4.69) is 14.6 Å². The quantitative estimate of drug-likeness (QED) is 0.518. The molecule has 0 aliphatic rings. The molecule has 0 aliphatic heterocycles. The van der Waals surface area contributed by atoms with Gasteiger partial charge in [-0.1, -0.05) is 41.4 Å². The largest absolute Gasteiger partial charge is 0.507 e. The van der Waals surface area contributed by atoms with Crippen LogP contribution in [0.4, 0.5) is 4.11 Å². The summed E-state index contributed by atoms with van der Waals surface area (Å²) < 4.78 is 17.6. The van der Waals surface area contributed by atoms with Crippen molar-refractivity contribution in [2.45, 2.75) is 0 Å². The number of hydrogen-bond donors (Lipinski definition) is 0. The Morgan fingerprint density at radius 3 is 2.36 bits per heavy atom. The zero-order valence-corrected chi connectivity index (χ0v) is 8.31. The number of hydrogen-bond acceptors (Lipinski definition) is 1. The maximum Gasteiger partial charge on any atom is 0.507 e. The van der Waals surface area contributed by atoms with Gasteiger partial charge in [0, 0.05) is 5.19 Å². The first kappa shape index (κ1) is 8.93. The minimum absolute atomic E-state index is 0.400. The Morgan fingerprint density at radius 1 is 1.36 bits per heavy atom. The first-order valence-corrected chi connectivity index (χ1v) is 6.15. The highest BCUT2D eigenvalue weighted by atomic mass is 35.6. The van der Waals surface area contributed by atoms with Gasteiger partial charge in [0.25, 0.3) is 0 Å². The molecule has 1 aromatic rings. The molecule has 1 rings (SSSR count). The Labute approximate surface area is 73.7 Å². The molecule has 0 N–H and O–H groups in total. The van der Waals surface area contributed by atoms with Crippen LogP contribution in [-0.2, 0) is 4.12 Å². The third kappa shape index (κ3) is 2.13. The molecule has 0 spiro atoms. The van der Waals surface area contributed by atoms with Crippen LogP contribution in [-0.4, -0.2) is 18.4 Å². The summed E-state index contributed by atoms with van der Waals surface area (Å²) in [5.74, 6) is 0. The summed E-state index contributed by atoms with van der Waals surface area (Å²) in [5, 5.41) is 0.400. The zero-order chi connectivity index (χ0) is 8.32. The molecule has 1 nitrogen and oxygen atoms in total. The lowest BCUT2D eigenvalue weighted by Gasteiger charge is -2.11. The van der Waals surface area contributed by atoms with E-state index in [-0.39, 0.29) is 0 Å². The number of halogens is 2. The first-order valence-electron chi connectivity index (χ1n) is 2.95. The van der Waals surface area contributed by atoms with Crippen LogP contribution in [0, 0.1) is 0 Å². The van der Waals surface area contributed by atoms with Crippen LogP contribution in [0.2, 0.25) is 0 Å². The van der Waals surface area contributed by atoms with Gasteiger partial charge in [-0.2, -0.15) is 0 Å². The zero-order valence-electron chi connectivity index (χ0n) is 5.55. The minimum atomic E-state index is -3.67. The van der Waals surface area contributed by atoms with Crippen LogP contribution in [0.15, 0.2) is 30.3 Å². The highest BCUT2D eigenvalue weighted by molar-refractivity contribution is 7.20. The van der Waals surface area contributed by atoms with Gasteiger partial charge in [-0.05, 0) is 0 Å². The normalized spacial score (nSPS) is 15.9. The van der Waals surface area contributed by atoms with Crippen molar-refractivity contribution in [3.05, 3.63) is 30.3 Å². The highest BCUT2D eigenvalue weighted by Crippen LogP contribution is 2.10. The fraction of sp³-hybridized carbons (Fsp3) is 0. The Bertz CT molecular complexity index is 229. The second kappa shape index (κ2) is 3.49. The lowest BCUT2D eigenvalue weighted by atomic mass is 10.4. The lowest BCUT2D eigenvalue weighted by molar-refractivity contribution is 0.549. The molecule has 0 heterocycles. The fourth-order valence-corrected chi connectivity index (χ4v) is 2.12. The van der Waals surface area contributed by atoms with Gasteiger partial charge in [-0.3, -0.25) is 4.11 Å². The molecule has 57 valence electrons. The van der Waals surface area contributed by atoms with Crippen molar-refractivity contribution in [1.82, 2.24) is 0 Å². The molecule has 0 bridgehead atoms. The summed E-state index contributed by atoms with van der Waals surface area (Å²) in [6, 6.07) is 8.41. The van der Waals surface area contributed by atoms with E-state index in [9.17, 15) is 4.11 Å². The summed E-state index contributed by atoms with van der Waals surface area (Å²) in [6.07, 6.45) is 0. The van der Waals surface area contributed by atoms with Crippen molar-refractivity contribution >= 4 is 34.7 Å². The van der Waals surface area contributed by atoms with Crippen LogP contribution in [0.25, 0.3) is 0 Å². The Balaban J connectivity index is 2.93. The van der Waals surface area contributed by atoms with Gasteiger partial charge < -0.3 is 4.12 Å². The van der Waals surface area contributed by atoms with E-state index in [0.717, 1.165) is 0 Å². The Kier molecular flexibility index (Phi) is 2.83. The predicted molar refractivity (Wildman–Crippen MR) is 45.6 cm³/mol. The molecule has 1 unspecified atom stereocenters. The molecule has 0 amide bonds. The van der Waals surface area contributed by atoms with E-state index < -0.39 is 7.96 Å². The topological polar surface area (TPSA) is 9.23 Å². The molecule has 0 aromatic heterocycles. The van der Waals surface area contributed by atoms with E-state index in [4.69, 9.17) is 11.1 Å². The van der Waals surface area contributed by atoms with Crippen molar-refractivity contribution in [3.63, 3.8) is 0 Å². The second-order valence-corrected chi connectivity index (χ2v) is 5.87. The fourth-order valence-electron chi connectivity index (χ4n) is 0.691. The summed E-state index contributed by atoms with van der Waals surface area (Å²) in [7, 11) is -1.06. The van der Waals surface area contributed by atoms with Crippen molar-refractivity contribution < 1.29 is 8.22 Å². The number of benzene rings is 1. The minimum Gasteiger partial charge on any atom is -0.419 e. The van der Waals surface area contributed by atoms with Gasteiger partial charge in [0.15, 0.2) is 0 Å². The molecule has 3 radical (unpaired) electrons. The van der Waals surface area contributed by atoms with Crippen molar-refractivity contribution in [3.8, 4) is 0 Å². The van der Waals surface area contributed by atoms with Gasteiger partial charge >= 0.3 is 7.96 Å². The molecular formula is C6H5ClFOSi2. The van der Waals surface area contributed by atoms with E-state index >= 15 is 0 Å². The van der Waals surface area contributed by atoms with E-state index in [1.165, 1.54) is 0 Å². The molecule has 0 fully saturated rings. The van der Waals surface area contributed by atoms with Crippen LogP contribution in [0.1, 0.15) is 0 Å². The molecule has 0 aliphatic carbocycles. The van der Waals surface area contributed by atoms with E-state index in [1.54, 1.807) is 30.3 Å². The third-order valence-electron chi connectivity index (χ3n) is 1.24.